The molecule has 0 bridgehead atoms. The van der Waals surface area contributed by atoms with Crippen molar-refractivity contribution in [3.63, 3.8) is 0 Å². The first kappa shape index (κ1) is 20.8. The highest BCUT2D eigenvalue weighted by Gasteiger charge is 2.30. The summed E-state index contributed by atoms with van der Waals surface area (Å²) in [6, 6.07) is 5.35. The van der Waals surface area contributed by atoms with E-state index in [4.69, 9.17) is 16.3 Å². The van der Waals surface area contributed by atoms with Crippen LogP contribution < -0.4 is 10.2 Å². The quantitative estimate of drug-likeness (QED) is 0.663. The summed E-state index contributed by atoms with van der Waals surface area (Å²) in [6.45, 7) is 10.6. The molecule has 1 unspecified atom stereocenters. The summed E-state index contributed by atoms with van der Waals surface area (Å²) in [5.74, 6) is 1.16. The zero-order valence-corrected chi connectivity index (χ0v) is 17.3. The Balaban J connectivity index is 1.85. The number of rotatable bonds is 6. The molecule has 1 atom stereocenters. The highest BCUT2D eigenvalue weighted by atomic mass is 35.5. The van der Waals surface area contributed by atoms with Gasteiger partial charge in [0.25, 0.3) is 5.91 Å². The van der Waals surface area contributed by atoms with Crippen LogP contribution >= 0.6 is 11.6 Å². The molecule has 1 saturated carbocycles. The Morgan fingerprint density at radius 1 is 1.38 bits per heavy atom. The molecule has 1 fully saturated rings. The van der Waals surface area contributed by atoms with Gasteiger partial charge in [0.05, 0.1) is 0 Å². The van der Waals surface area contributed by atoms with Crippen LogP contribution in [0.2, 0.25) is 5.02 Å². The molecule has 1 amide bonds. The van der Waals surface area contributed by atoms with Gasteiger partial charge in [-0.1, -0.05) is 38.8 Å². The Hall–Kier alpha value is -1.55. The first-order valence-electron chi connectivity index (χ1n) is 9.51. The smallest absolute Gasteiger partial charge is 0.280 e. The molecule has 5 heteroatoms. The van der Waals surface area contributed by atoms with Gasteiger partial charge in [0.1, 0.15) is 5.75 Å². The summed E-state index contributed by atoms with van der Waals surface area (Å²) in [5, 5.41) is 4.99. The van der Waals surface area contributed by atoms with Crippen molar-refractivity contribution in [2.75, 3.05) is 0 Å². The summed E-state index contributed by atoms with van der Waals surface area (Å²) in [4.78, 5) is 12.3. The molecule has 0 aromatic heterocycles. The first-order valence-corrected chi connectivity index (χ1v) is 9.89. The number of benzene rings is 1. The highest BCUT2D eigenvalue weighted by Crippen LogP contribution is 2.39. The maximum Gasteiger partial charge on any atom is 0.280 e. The van der Waals surface area contributed by atoms with E-state index < -0.39 is 6.10 Å². The molecule has 2 rings (SSSR count). The summed E-state index contributed by atoms with van der Waals surface area (Å²) in [6.07, 6.45) is 4.78. The lowest BCUT2D eigenvalue weighted by Crippen LogP contribution is -2.35. The van der Waals surface area contributed by atoms with Gasteiger partial charge in [0, 0.05) is 10.7 Å². The molecule has 0 radical (unpaired) electrons. The Morgan fingerprint density at radius 3 is 2.62 bits per heavy atom. The molecule has 1 aliphatic carbocycles. The van der Waals surface area contributed by atoms with Crippen molar-refractivity contribution in [3.05, 3.63) is 28.8 Å². The van der Waals surface area contributed by atoms with E-state index in [1.165, 1.54) is 6.42 Å². The van der Waals surface area contributed by atoms with Crippen LogP contribution in [0.5, 0.6) is 5.75 Å². The molecule has 1 aromatic carbocycles. The van der Waals surface area contributed by atoms with Crippen LogP contribution in [0.1, 0.15) is 65.4 Å². The van der Waals surface area contributed by atoms with Crippen LogP contribution in [-0.4, -0.2) is 17.7 Å². The third-order valence-electron chi connectivity index (χ3n) is 5.71. The van der Waals surface area contributed by atoms with E-state index in [0.29, 0.717) is 16.2 Å². The minimum absolute atomic E-state index is 0.233. The lowest BCUT2D eigenvalue weighted by Gasteiger charge is -2.36. The molecular formula is C21H31ClN2O2. The number of carbonyl (C=O) groups excluding carboxylic acids is 1. The van der Waals surface area contributed by atoms with Crippen molar-refractivity contribution >= 4 is 23.2 Å². The highest BCUT2D eigenvalue weighted by molar-refractivity contribution is 6.30. The van der Waals surface area contributed by atoms with Crippen LogP contribution in [0.15, 0.2) is 23.3 Å². The minimum Gasteiger partial charge on any atom is -0.481 e. The fraction of sp³-hybridized carbons (Fsp3) is 0.619. The predicted molar refractivity (Wildman–Crippen MR) is 108 cm³/mol. The number of ether oxygens (including phenoxy) is 1. The molecule has 144 valence electrons. The van der Waals surface area contributed by atoms with Gasteiger partial charge in [-0.25, -0.2) is 5.43 Å². The van der Waals surface area contributed by atoms with Crippen molar-refractivity contribution in [1.29, 1.82) is 0 Å². The third kappa shape index (κ3) is 5.47. The summed E-state index contributed by atoms with van der Waals surface area (Å²) >= 11 is 5.95. The number of hydrazone groups is 1. The second-order valence-electron chi connectivity index (χ2n) is 7.94. The maximum atomic E-state index is 12.3. The number of halogens is 1. The number of amides is 1. The van der Waals surface area contributed by atoms with Crippen molar-refractivity contribution in [2.24, 2.45) is 16.4 Å². The normalized spacial score (nSPS) is 19.0. The molecule has 1 N–H and O–H groups in total. The number of hydrogen-bond donors (Lipinski definition) is 1. The van der Waals surface area contributed by atoms with E-state index in [1.807, 2.05) is 13.0 Å². The molecule has 0 saturated heterocycles. The van der Waals surface area contributed by atoms with E-state index in [-0.39, 0.29) is 5.91 Å². The van der Waals surface area contributed by atoms with Gasteiger partial charge >= 0.3 is 0 Å². The molecule has 1 aliphatic rings. The van der Waals surface area contributed by atoms with Gasteiger partial charge in [0.15, 0.2) is 6.10 Å². The van der Waals surface area contributed by atoms with E-state index in [2.05, 4.69) is 31.3 Å². The second-order valence-corrected chi connectivity index (χ2v) is 8.38. The number of carbonyl (C=O) groups is 1. The van der Waals surface area contributed by atoms with E-state index in [1.54, 1.807) is 19.1 Å². The zero-order chi connectivity index (χ0) is 19.3. The fourth-order valence-corrected chi connectivity index (χ4v) is 3.57. The Morgan fingerprint density at radius 2 is 2.04 bits per heavy atom. The molecule has 0 aliphatic heterocycles. The van der Waals surface area contributed by atoms with Crippen LogP contribution in [0.25, 0.3) is 0 Å². The van der Waals surface area contributed by atoms with Crippen LogP contribution in [0, 0.1) is 18.3 Å². The zero-order valence-electron chi connectivity index (χ0n) is 16.6. The number of nitrogens with zero attached hydrogens (tertiary/aromatic N) is 1. The van der Waals surface area contributed by atoms with Crippen molar-refractivity contribution in [1.82, 2.24) is 5.43 Å². The molecule has 26 heavy (non-hydrogen) atoms. The Bertz CT molecular complexity index is 660. The van der Waals surface area contributed by atoms with Crippen molar-refractivity contribution in [3.8, 4) is 5.75 Å². The van der Waals surface area contributed by atoms with Gasteiger partial charge < -0.3 is 4.74 Å². The topological polar surface area (TPSA) is 50.7 Å². The predicted octanol–water partition coefficient (Wildman–Crippen LogP) is 5.51. The van der Waals surface area contributed by atoms with Gasteiger partial charge in [-0.05, 0) is 74.6 Å². The molecule has 0 spiro atoms. The SMILES string of the molecule is CCC(C)(C)C1CCC(=NNC(=O)C(C)Oc2ccc(Cl)cc2C)CC1. The second kappa shape index (κ2) is 8.90. The molecular weight excluding hydrogens is 348 g/mol. The maximum absolute atomic E-state index is 12.3. The standard InChI is InChI=1S/C21H31ClN2O2/c1-6-21(4,5)16-7-10-18(11-8-16)23-24-20(25)15(3)26-19-12-9-17(22)13-14(19)2/h9,12-13,15-16H,6-8,10-11H2,1-5H3,(H,24,25). The van der Waals surface area contributed by atoms with Gasteiger partial charge in [-0.2, -0.15) is 5.10 Å². The average Bonchev–Trinajstić information content (AvgIpc) is 2.62. The monoisotopic (exact) mass is 378 g/mol. The van der Waals surface area contributed by atoms with E-state index in [9.17, 15) is 4.79 Å². The van der Waals surface area contributed by atoms with Crippen LogP contribution in [-0.2, 0) is 4.79 Å². The van der Waals surface area contributed by atoms with Crippen LogP contribution in [0.3, 0.4) is 0 Å². The van der Waals surface area contributed by atoms with E-state index in [0.717, 1.165) is 42.9 Å². The third-order valence-corrected chi connectivity index (χ3v) is 5.95. The Labute approximate surface area is 162 Å². The average molecular weight is 379 g/mol. The van der Waals surface area contributed by atoms with Crippen molar-refractivity contribution in [2.45, 2.75) is 72.8 Å². The summed E-state index contributed by atoms with van der Waals surface area (Å²) < 4.78 is 5.74. The van der Waals surface area contributed by atoms with Gasteiger partial charge in [-0.15, -0.1) is 0 Å². The fourth-order valence-electron chi connectivity index (χ4n) is 3.35. The number of aryl methyl sites for hydroxylation is 1. The van der Waals surface area contributed by atoms with Crippen molar-refractivity contribution < 1.29 is 9.53 Å². The summed E-state index contributed by atoms with van der Waals surface area (Å²) in [7, 11) is 0. The lowest BCUT2D eigenvalue weighted by molar-refractivity contribution is -0.127. The largest absolute Gasteiger partial charge is 0.481 e. The molecule has 1 aromatic rings. The van der Waals surface area contributed by atoms with Gasteiger partial charge in [-0.3, -0.25) is 4.79 Å². The first-order chi connectivity index (χ1) is 12.2. The molecule has 0 heterocycles. The van der Waals surface area contributed by atoms with Crippen LogP contribution in [0.4, 0.5) is 0 Å². The number of hydrogen-bond acceptors (Lipinski definition) is 3. The lowest BCUT2D eigenvalue weighted by atomic mass is 9.69. The van der Waals surface area contributed by atoms with E-state index >= 15 is 0 Å². The minimum atomic E-state index is -0.616. The van der Waals surface area contributed by atoms with Gasteiger partial charge in [0.2, 0.25) is 0 Å². The molecule has 4 nitrogen and oxygen atoms in total. The summed E-state index contributed by atoms with van der Waals surface area (Å²) in [5.41, 5.74) is 5.03. The Kier molecular flexibility index (Phi) is 7.10. The number of nitrogens with one attached hydrogen (secondary N) is 1.